The highest BCUT2D eigenvalue weighted by atomic mass is 16.7. The maximum absolute atomic E-state index is 13.5. The number of esters is 4. The lowest BCUT2D eigenvalue weighted by atomic mass is 9.77. The molecule has 16 heteroatoms. The van der Waals surface area contributed by atoms with Gasteiger partial charge in [0.2, 0.25) is 5.91 Å². The standard InChI is InChI=1S/C29H37N3O13/c1-14(33)41-13-21-22(42-15(2)34)23(43-16(3)35)24(44-17(4)36)26(45-21)40-11-10-32-25(37)19-12-18(31-28(39)30-7)8-9-20(19)29(5,6)27(32)38/h8-9,12,21-24,26H,10-11,13H2,1-7H3,(H2,30,31,39)/t21-,22-,23+,24-,26-/m1/s1. The van der Waals surface area contributed by atoms with Crippen molar-refractivity contribution in [1.29, 1.82) is 0 Å². The summed E-state index contributed by atoms with van der Waals surface area (Å²) in [6.07, 6.45) is -6.98. The van der Waals surface area contributed by atoms with E-state index >= 15 is 0 Å². The Balaban J connectivity index is 1.88. The summed E-state index contributed by atoms with van der Waals surface area (Å²) < 4.78 is 32.9. The summed E-state index contributed by atoms with van der Waals surface area (Å²) in [5.41, 5.74) is -0.124. The zero-order chi connectivity index (χ0) is 33.6. The van der Waals surface area contributed by atoms with Gasteiger partial charge in [-0.25, -0.2) is 4.79 Å². The van der Waals surface area contributed by atoms with E-state index in [1.807, 2.05) is 0 Å². The van der Waals surface area contributed by atoms with Crippen molar-refractivity contribution in [1.82, 2.24) is 10.2 Å². The largest absolute Gasteiger partial charge is 0.463 e. The molecule has 2 N–H and O–H groups in total. The minimum absolute atomic E-state index is 0.195. The fraction of sp³-hybridized carbons (Fsp3) is 0.552. The molecule has 1 aromatic carbocycles. The van der Waals surface area contributed by atoms with Crippen LogP contribution in [-0.2, 0) is 57.8 Å². The Kier molecular flexibility index (Phi) is 11.2. The van der Waals surface area contributed by atoms with Crippen LogP contribution in [-0.4, -0.2) is 104 Å². The number of hydrogen-bond acceptors (Lipinski definition) is 13. The van der Waals surface area contributed by atoms with Gasteiger partial charge in [0.05, 0.1) is 18.6 Å². The van der Waals surface area contributed by atoms with Crippen LogP contribution >= 0.6 is 0 Å². The molecular formula is C29H37N3O13. The van der Waals surface area contributed by atoms with Crippen LogP contribution in [0.2, 0.25) is 0 Å². The number of carbonyl (C=O) groups is 7. The Morgan fingerprint density at radius 3 is 2.07 bits per heavy atom. The highest BCUT2D eigenvalue weighted by molar-refractivity contribution is 6.13. The molecule has 0 unspecified atom stereocenters. The zero-order valence-corrected chi connectivity index (χ0v) is 26.0. The molecule has 0 bridgehead atoms. The van der Waals surface area contributed by atoms with Gasteiger partial charge in [-0.3, -0.25) is 33.7 Å². The van der Waals surface area contributed by atoms with Gasteiger partial charge in [0.15, 0.2) is 24.6 Å². The van der Waals surface area contributed by atoms with E-state index in [4.69, 9.17) is 28.4 Å². The van der Waals surface area contributed by atoms with E-state index in [2.05, 4.69) is 10.6 Å². The van der Waals surface area contributed by atoms with Gasteiger partial charge >= 0.3 is 29.9 Å². The van der Waals surface area contributed by atoms with Crippen LogP contribution in [0.25, 0.3) is 0 Å². The average Bonchev–Trinajstić information content (AvgIpc) is 2.94. The van der Waals surface area contributed by atoms with E-state index in [1.54, 1.807) is 26.0 Å². The van der Waals surface area contributed by atoms with Crippen molar-refractivity contribution >= 4 is 47.4 Å². The van der Waals surface area contributed by atoms with Crippen LogP contribution in [0, 0.1) is 0 Å². The van der Waals surface area contributed by atoms with Gasteiger partial charge in [-0.15, -0.1) is 0 Å². The topological polar surface area (TPSA) is 202 Å². The highest BCUT2D eigenvalue weighted by Gasteiger charge is 2.53. The lowest BCUT2D eigenvalue weighted by molar-refractivity contribution is -0.308. The second-order valence-corrected chi connectivity index (χ2v) is 10.8. The average molecular weight is 636 g/mol. The predicted octanol–water partition coefficient (Wildman–Crippen LogP) is 0.798. The first-order valence-corrected chi connectivity index (χ1v) is 14.0. The quantitative estimate of drug-likeness (QED) is 0.208. The van der Waals surface area contributed by atoms with Crippen molar-refractivity contribution in [3.05, 3.63) is 29.3 Å². The Morgan fingerprint density at radius 2 is 1.49 bits per heavy atom. The summed E-state index contributed by atoms with van der Waals surface area (Å²) >= 11 is 0. The molecular weight excluding hydrogens is 598 g/mol. The molecule has 16 nitrogen and oxygen atoms in total. The maximum Gasteiger partial charge on any atom is 0.318 e. The Hall–Kier alpha value is -4.57. The number of amides is 4. The molecule has 1 aromatic rings. The van der Waals surface area contributed by atoms with Crippen molar-refractivity contribution in [2.75, 3.05) is 32.1 Å². The monoisotopic (exact) mass is 635 g/mol. The molecule has 1 saturated heterocycles. The summed E-state index contributed by atoms with van der Waals surface area (Å²) in [6.45, 7) is 6.66. The number of hydrogen-bond donors (Lipinski definition) is 2. The predicted molar refractivity (Wildman–Crippen MR) is 151 cm³/mol. The number of urea groups is 1. The number of rotatable bonds is 10. The molecule has 0 spiro atoms. The summed E-state index contributed by atoms with van der Waals surface area (Å²) in [6, 6.07) is 4.15. The SMILES string of the molecule is CNC(=O)Nc1ccc2c(c1)C(=O)N(CCO[C@@H]1O[C@H](COC(C)=O)[C@@H](OC(C)=O)[C@H](OC(C)=O)[C@H]1OC(C)=O)C(=O)C2(C)C. The van der Waals surface area contributed by atoms with Crippen molar-refractivity contribution in [2.45, 2.75) is 77.7 Å². The third-order valence-electron chi connectivity index (χ3n) is 6.98. The molecule has 1 fully saturated rings. The Labute approximate surface area is 258 Å². The smallest absolute Gasteiger partial charge is 0.318 e. The molecule has 0 radical (unpaired) electrons. The number of carbonyl (C=O) groups excluding carboxylic acids is 7. The number of fused-ring (bicyclic) bond motifs is 1. The summed E-state index contributed by atoms with van der Waals surface area (Å²) in [5, 5.41) is 5.01. The van der Waals surface area contributed by atoms with Crippen LogP contribution in [0.4, 0.5) is 10.5 Å². The van der Waals surface area contributed by atoms with Gasteiger partial charge in [0.1, 0.15) is 12.7 Å². The second-order valence-electron chi connectivity index (χ2n) is 10.8. The molecule has 0 aliphatic carbocycles. The van der Waals surface area contributed by atoms with Gasteiger partial charge in [0, 0.05) is 46.0 Å². The van der Waals surface area contributed by atoms with Crippen LogP contribution in [0.3, 0.4) is 0 Å². The lowest BCUT2D eigenvalue weighted by Crippen LogP contribution is -2.63. The Morgan fingerprint density at radius 1 is 0.889 bits per heavy atom. The molecule has 2 aliphatic rings. The van der Waals surface area contributed by atoms with E-state index in [0.29, 0.717) is 11.3 Å². The van der Waals surface area contributed by atoms with E-state index < -0.39 is 84.5 Å². The lowest BCUT2D eigenvalue weighted by Gasteiger charge is -2.44. The van der Waals surface area contributed by atoms with Crippen LogP contribution < -0.4 is 10.6 Å². The van der Waals surface area contributed by atoms with E-state index in [0.717, 1.165) is 32.6 Å². The third-order valence-corrected chi connectivity index (χ3v) is 6.98. The van der Waals surface area contributed by atoms with Gasteiger partial charge in [0.25, 0.3) is 5.91 Å². The van der Waals surface area contributed by atoms with Crippen LogP contribution in [0.15, 0.2) is 18.2 Å². The van der Waals surface area contributed by atoms with E-state index in [-0.39, 0.29) is 18.7 Å². The van der Waals surface area contributed by atoms with Crippen molar-refractivity contribution in [3.63, 3.8) is 0 Å². The molecule has 2 heterocycles. The second kappa shape index (κ2) is 14.5. The fourth-order valence-corrected chi connectivity index (χ4v) is 5.01. The minimum atomic E-state index is -1.48. The van der Waals surface area contributed by atoms with Crippen molar-refractivity contribution in [2.24, 2.45) is 0 Å². The number of benzene rings is 1. The molecule has 0 aromatic heterocycles. The van der Waals surface area contributed by atoms with Crippen LogP contribution in [0.1, 0.15) is 57.5 Å². The molecule has 4 amide bonds. The van der Waals surface area contributed by atoms with Crippen molar-refractivity contribution in [3.8, 4) is 0 Å². The first-order valence-electron chi connectivity index (χ1n) is 14.0. The summed E-state index contributed by atoms with van der Waals surface area (Å²) in [7, 11) is 1.44. The number of anilines is 1. The molecule has 246 valence electrons. The minimum Gasteiger partial charge on any atom is -0.463 e. The fourth-order valence-electron chi connectivity index (χ4n) is 5.01. The number of imide groups is 1. The van der Waals surface area contributed by atoms with Gasteiger partial charge in [-0.1, -0.05) is 6.07 Å². The molecule has 2 aliphatic heterocycles. The number of nitrogens with zero attached hydrogens (tertiary/aromatic N) is 1. The first-order chi connectivity index (χ1) is 21.1. The van der Waals surface area contributed by atoms with Crippen LogP contribution in [0.5, 0.6) is 0 Å². The number of nitrogens with one attached hydrogen (secondary N) is 2. The molecule has 3 rings (SSSR count). The maximum atomic E-state index is 13.5. The van der Waals surface area contributed by atoms with Gasteiger partial charge in [-0.05, 0) is 31.5 Å². The zero-order valence-electron chi connectivity index (χ0n) is 26.0. The summed E-state index contributed by atoms with van der Waals surface area (Å²) in [4.78, 5) is 87.3. The molecule has 5 atom stereocenters. The molecule has 45 heavy (non-hydrogen) atoms. The van der Waals surface area contributed by atoms with E-state index in [9.17, 15) is 33.6 Å². The Bertz CT molecular complexity index is 1360. The van der Waals surface area contributed by atoms with Gasteiger partial charge < -0.3 is 39.1 Å². The molecule has 0 saturated carbocycles. The normalized spacial score (nSPS) is 23.7. The van der Waals surface area contributed by atoms with Gasteiger partial charge in [-0.2, -0.15) is 0 Å². The highest BCUT2D eigenvalue weighted by Crippen LogP contribution is 2.36. The first kappa shape index (κ1) is 34.9. The van der Waals surface area contributed by atoms with E-state index in [1.165, 1.54) is 13.1 Å². The summed E-state index contributed by atoms with van der Waals surface area (Å²) in [5.74, 6) is -4.24. The van der Waals surface area contributed by atoms with Crippen molar-refractivity contribution < 1.29 is 62.0 Å². The third kappa shape index (κ3) is 8.33. The number of ether oxygens (including phenoxy) is 6.